The summed E-state index contributed by atoms with van der Waals surface area (Å²) in [5.74, 6) is 0.0781. The predicted octanol–water partition coefficient (Wildman–Crippen LogP) is 4.45. The maximum atomic E-state index is 13.7. The lowest BCUT2D eigenvalue weighted by atomic mass is 9.95. The molecule has 2 aliphatic rings. The van der Waals surface area contributed by atoms with Crippen molar-refractivity contribution in [1.82, 2.24) is 10.2 Å². The summed E-state index contributed by atoms with van der Waals surface area (Å²) in [6, 6.07) is 25.2. The van der Waals surface area contributed by atoms with E-state index in [4.69, 9.17) is 0 Å². The standard InChI is InChI=1S/C29H33N3O2/c1-21(31-18-15-24-19-22(20-33)11-12-27(24)29(31)34)32(25-13-16-30-17-14-25)28-10-6-5-9-26(28)23-7-3-2-4-8-23/h2-12,19,21,25,30,33H,13-18,20H2,1H3. The van der Waals surface area contributed by atoms with Crippen molar-refractivity contribution in [3.63, 3.8) is 0 Å². The Balaban J connectivity index is 1.53. The molecule has 5 rings (SSSR count). The largest absolute Gasteiger partial charge is 0.392 e. The molecule has 1 fully saturated rings. The number of carbonyl (C=O) groups excluding carboxylic acids is 1. The van der Waals surface area contributed by atoms with E-state index in [1.54, 1.807) is 0 Å². The second kappa shape index (κ2) is 10.00. The highest BCUT2D eigenvalue weighted by Crippen LogP contribution is 2.36. The molecule has 0 aliphatic carbocycles. The first-order valence-electron chi connectivity index (χ1n) is 12.3. The molecule has 5 heteroatoms. The van der Waals surface area contributed by atoms with Gasteiger partial charge in [0, 0.05) is 29.4 Å². The summed E-state index contributed by atoms with van der Waals surface area (Å²) >= 11 is 0. The number of hydrogen-bond acceptors (Lipinski definition) is 4. The molecule has 2 N–H and O–H groups in total. The Bertz CT molecular complexity index is 1140. The van der Waals surface area contributed by atoms with E-state index < -0.39 is 0 Å². The third-order valence-electron chi connectivity index (χ3n) is 7.29. The minimum absolute atomic E-state index is 0.00134. The summed E-state index contributed by atoms with van der Waals surface area (Å²) < 4.78 is 0. The van der Waals surface area contributed by atoms with Crippen LogP contribution >= 0.6 is 0 Å². The van der Waals surface area contributed by atoms with Gasteiger partial charge < -0.3 is 20.2 Å². The van der Waals surface area contributed by atoms with E-state index >= 15 is 0 Å². The van der Waals surface area contributed by atoms with E-state index in [-0.39, 0.29) is 18.7 Å². The zero-order chi connectivity index (χ0) is 23.5. The van der Waals surface area contributed by atoms with Crippen LogP contribution in [0.4, 0.5) is 5.69 Å². The summed E-state index contributed by atoms with van der Waals surface area (Å²) in [4.78, 5) is 18.2. The number of anilines is 1. The molecule has 0 saturated carbocycles. The van der Waals surface area contributed by atoms with Gasteiger partial charge in [0.1, 0.15) is 6.17 Å². The zero-order valence-electron chi connectivity index (χ0n) is 19.8. The minimum atomic E-state index is -0.0777. The third-order valence-corrected chi connectivity index (χ3v) is 7.29. The molecular formula is C29H33N3O2. The fraction of sp³-hybridized carbons (Fsp3) is 0.345. The number of fused-ring (bicyclic) bond motifs is 1. The topological polar surface area (TPSA) is 55.8 Å². The Morgan fingerprint density at radius 1 is 1.00 bits per heavy atom. The molecule has 3 aromatic carbocycles. The van der Waals surface area contributed by atoms with Crippen molar-refractivity contribution in [3.8, 4) is 11.1 Å². The molecular weight excluding hydrogens is 422 g/mol. The van der Waals surface area contributed by atoms with E-state index in [2.05, 4.69) is 65.7 Å². The van der Waals surface area contributed by atoms with Crippen molar-refractivity contribution in [2.75, 3.05) is 24.5 Å². The van der Waals surface area contributed by atoms with Crippen LogP contribution in [0.5, 0.6) is 0 Å². The zero-order valence-corrected chi connectivity index (χ0v) is 19.8. The van der Waals surface area contributed by atoms with Gasteiger partial charge in [-0.05, 0) is 68.1 Å². The van der Waals surface area contributed by atoms with Crippen LogP contribution < -0.4 is 10.2 Å². The Hall–Kier alpha value is -3.15. The number of amides is 1. The summed E-state index contributed by atoms with van der Waals surface area (Å²) in [6.45, 7) is 4.83. The summed E-state index contributed by atoms with van der Waals surface area (Å²) in [5.41, 5.74) is 6.24. The lowest BCUT2D eigenvalue weighted by Gasteiger charge is -2.46. The van der Waals surface area contributed by atoms with Crippen molar-refractivity contribution in [2.45, 2.75) is 45.0 Å². The summed E-state index contributed by atoms with van der Waals surface area (Å²) in [5, 5.41) is 13.0. The van der Waals surface area contributed by atoms with Crippen molar-refractivity contribution >= 4 is 11.6 Å². The number of para-hydroxylation sites is 1. The molecule has 176 valence electrons. The number of carbonyl (C=O) groups is 1. The Morgan fingerprint density at radius 3 is 2.50 bits per heavy atom. The first kappa shape index (κ1) is 22.6. The number of hydrogen-bond donors (Lipinski definition) is 2. The molecule has 1 saturated heterocycles. The van der Waals surface area contributed by atoms with Crippen molar-refractivity contribution in [1.29, 1.82) is 0 Å². The summed E-state index contributed by atoms with van der Waals surface area (Å²) in [7, 11) is 0. The average Bonchev–Trinajstić information content (AvgIpc) is 2.90. The van der Waals surface area contributed by atoms with Gasteiger partial charge in [0.25, 0.3) is 5.91 Å². The minimum Gasteiger partial charge on any atom is -0.392 e. The molecule has 5 nitrogen and oxygen atoms in total. The average molecular weight is 456 g/mol. The van der Waals surface area contributed by atoms with Gasteiger partial charge in [-0.15, -0.1) is 0 Å². The van der Waals surface area contributed by atoms with Crippen LogP contribution in [0.3, 0.4) is 0 Å². The normalized spacial score (nSPS) is 17.4. The molecule has 1 atom stereocenters. The van der Waals surface area contributed by atoms with Crippen LogP contribution in [-0.2, 0) is 13.0 Å². The van der Waals surface area contributed by atoms with Crippen LogP contribution in [0, 0.1) is 0 Å². The van der Waals surface area contributed by atoms with E-state index in [0.29, 0.717) is 12.6 Å². The van der Waals surface area contributed by atoms with Gasteiger partial charge in [0.2, 0.25) is 0 Å². The molecule has 0 radical (unpaired) electrons. The van der Waals surface area contributed by atoms with Crippen LogP contribution in [-0.4, -0.2) is 47.8 Å². The first-order chi connectivity index (χ1) is 16.7. The highest BCUT2D eigenvalue weighted by molar-refractivity contribution is 5.97. The Labute approximate surface area is 202 Å². The van der Waals surface area contributed by atoms with E-state index in [1.165, 1.54) is 16.8 Å². The van der Waals surface area contributed by atoms with Gasteiger partial charge in [-0.1, -0.05) is 60.7 Å². The second-order valence-corrected chi connectivity index (χ2v) is 9.30. The van der Waals surface area contributed by atoms with Crippen LogP contribution in [0.1, 0.15) is 41.3 Å². The summed E-state index contributed by atoms with van der Waals surface area (Å²) in [6.07, 6.45) is 2.82. The lowest BCUT2D eigenvalue weighted by Crippen LogP contribution is -2.57. The second-order valence-electron chi connectivity index (χ2n) is 9.30. The van der Waals surface area contributed by atoms with Gasteiger partial charge >= 0.3 is 0 Å². The molecule has 0 bridgehead atoms. The van der Waals surface area contributed by atoms with Gasteiger partial charge in [-0.3, -0.25) is 4.79 Å². The number of nitrogens with one attached hydrogen (secondary N) is 1. The number of benzene rings is 3. The number of piperidine rings is 1. The number of rotatable bonds is 6. The SMILES string of the molecule is CC(N1CCc2cc(CO)ccc2C1=O)N(c1ccccc1-c1ccccc1)C1CCNCC1. The molecule has 1 unspecified atom stereocenters. The van der Waals surface area contributed by atoms with E-state index in [1.807, 2.05) is 29.2 Å². The smallest absolute Gasteiger partial charge is 0.255 e. The number of nitrogens with zero attached hydrogens (tertiary/aromatic N) is 2. The van der Waals surface area contributed by atoms with E-state index in [0.717, 1.165) is 49.0 Å². The van der Waals surface area contributed by atoms with Gasteiger partial charge in [-0.25, -0.2) is 0 Å². The highest BCUT2D eigenvalue weighted by Gasteiger charge is 2.35. The monoisotopic (exact) mass is 455 g/mol. The predicted molar refractivity (Wildman–Crippen MR) is 137 cm³/mol. The molecule has 2 aliphatic heterocycles. The highest BCUT2D eigenvalue weighted by atomic mass is 16.3. The molecule has 0 spiro atoms. The van der Waals surface area contributed by atoms with Crippen molar-refractivity contribution < 1.29 is 9.90 Å². The molecule has 34 heavy (non-hydrogen) atoms. The lowest BCUT2D eigenvalue weighted by molar-refractivity contribution is 0.0658. The fourth-order valence-electron chi connectivity index (χ4n) is 5.51. The van der Waals surface area contributed by atoms with E-state index in [9.17, 15) is 9.90 Å². The Kier molecular flexibility index (Phi) is 6.66. The first-order valence-corrected chi connectivity index (χ1v) is 12.3. The molecule has 2 heterocycles. The van der Waals surface area contributed by atoms with Crippen molar-refractivity contribution in [2.24, 2.45) is 0 Å². The van der Waals surface area contributed by atoms with Gasteiger partial charge in [0.05, 0.1) is 6.61 Å². The quantitative estimate of drug-likeness (QED) is 0.577. The molecule has 1 amide bonds. The third kappa shape index (κ3) is 4.33. The Morgan fingerprint density at radius 2 is 1.74 bits per heavy atom. The number of aliphatic hydroxyl groups is 1. The maximum absolute atomic E-state index is 13.7. The van der Waals surface area contributed by atoms with Crippen LogP contribution in [0.25, 0.3) is 11.1 Å². The van der Waals surface area contributed by atoms with Crippen LogP contribution in [0.15, 0.2) is 72.8 Å². The van der Waals surface area contributed by atoms with Gasteiger partial charge in [-0.2, -0.15) is 0 Å². The molecule has 0 aromatic heterocycles. The number of aliphatic hydroxyl groups excluding tert-OH is 1. The fourth-order valence-corrected chi connectivity index (χ4v) is 5.51. The van der Waals surface area contributed by atoms with Crippen LogP contribution in [0.2, 0.25) is 0 Å². The maximum Gasteiger partial charge on any atom is 0.255 e. The van der Waals surface area contributed by atoms with Gasteiger partial charge in [0.15, 0.2) is 0 Å². The van der Waals surface area contributed by atoms with Crippen molar-refractivity contribution in [3.05, 3.63) is 89.5 Å². The molecule has 3 aromatic rings.